The molecule has 0 bridgehead atoms. The number of hydrogen-bond acceptors (Lipinski definition) is 1. The van der Waals surface area contributed by atoms with Crippen molar-refractivity contribution in [3.63, 3.8) is 0 Å². The second-order valence-corrected chi connectivity index (χ2v) is 4.90. The summed E-state index contributed by atoms with van der Waals surface area (Å²) in [5.74, 6) is 0.602. The molecule has 0 spiro atoms. The van der Waals surface area contributed by atoms with Crippen molar-refractivity contribution in [3.8, 4) is 0 Å². The van der Waals surface area contributed by atoms with Crippen molar-refractivity contribution in [2.24, 2.45) is 5.92 Å². The zero-order valence-electron chi connectivity index (χ0n) is 11.8. The van der Waals surface area contributed by atoms with Crippen LogP contribution in [0.1, 0.15) is 46.0 Å². The molecule has 0 fully saturated rings. The van der Waals surface area contributed by atoms with E-state index in [1.807, 2.05) is 6.08 Å². The quantitative estimate of drug-likeness (QED) is 0.490. The summed E-state index contributed by atoms with van der Waals surface area (Å²) in [6.07, 6.45) is 10.1. The average Bonchev–Trinajstić information content (AvgIpc) is 2.28. The molecule has 0 rings (SSSR count). The molecule has 0 radical (unpaired) electrons. The van der Waals surface area contributed by atoms with Crippen LogP contribution in [0, 0.1) is 5.92 Å². The summed E-state index contributed by atoms with van der Waals surface area (Å²) in [4.78, 5) is 0. The summed E-state index contributed by atoms with van der Waals surface area (Å²) in [6, 6.07) is 0. The third kappa shape index (κ3) is 10.1. The molecule has 1 atom stereocenters. The van der Waals surface area contributed by atoms with E-state index >= 15 is 0 Å². The number of hydrogen-bond donors (Lipinski definition) is 0. The molecule has 1 nitrogen and oxygen atoms in total. The monoisotopic (exact) mass is 236 g/mol. The van der Waals surface area contributed by atoms with Gasteiger partial charge >= 0.3 is 0 Å². The zero-order chi connectivity index (χ0) is 13.1. The SMILES string of the molecule is C=CC(C)CCC=C(CCCC(=C)C)COC. The van der Waals surface area contributed by atoms with Gasteiger partial charge in [0.15, 0.2) is 0 Å². The van der Waals surface area contributed by atoms with Crippen molar-refractivity contribution >= 4 is 0 Å². The minimum Gasteiger partial charge on any atom is -0.380 e. The molecule has 0 aromatic rings. The Morgan fingerprint density at radius 3 is 2.59 bits per heavy atom. The van der Waals surface area contributed by atoms with Gasteiger partial charge in [0.25, 0.3) is 0 Å². The Labute approximate surface area is 107 Å². The van der Waals surface area contributed by atoms with Gasteiger partial charge in [0.1, 0.15) is 0 Å². The highest BCUT2D eigenvalue weighted by Gasteiger charge is 1.99. The lowest BCUT2D eigenvalue weighted by Crippen LogP contribution is -1.96. The number of allylic oxidation sites excluding steroid dienone is 3. The number of rotatable bonds is 10. The molecule has 1 heteroatoms. The average molecular weight is 236 g/mol. The second-order valence-electron chi connectivity index (χ2n) is 4.90. The third-order valence-corrected chi connectivity index (χ3v) is 2.89. The van der Waals surface area contributed by atoms with Crippen LogP contribution in [0.2, 0.25) is 0 Å². The van der Waals surface area contributed by atoms with Gasteiger partial charge in [0.2, 0.25) is 0 Å². The predicted molar refractivity (Wildman–Crippen MR) is 77.2 cm³/mol. The van der Waals surface area contributed by atoms with Crippen molar-refractivity contribution in [2.75, 3.05) is 13.7 Å². The van der Waals surface area contributed by atoms with Gasteiger partial charge in [-0.25, -0.2) is 0 Å². The molecular weight excluding hydrogens is 208 g/mol. The summed E-state index contributed by atoms with van der Waals surface area (Å²) in [6.45, 7) is 12.8. The highest BCUT2D eigenvalue weighted by Crippen LogP contribution is 2.14. The van der Waals surface area contributed by atoms with E-state index in [1.165, 1.54) is 24.0 Å². The fraction of sp³-hybridized carbons (Fsp3) is 0.625. The van der Waals surface area contributed by atoms with Crippen LogP contribution >= 0.6 is 0 Å². The maximum atomic E-state index is 5.23. The van der Waals surface area contributed by atoms with E-state index in [4.69, 9.17) is 4.74 Å². The largest absolute Gasteiger partial charge is 0.380 e. The van der Waals surface area contributed by atoms with Gasteiger partial charge < -0.3 is 4.74 Å². The first kappa shape index (κ1) is 16.2. The van der Waals surface area contributed by atoms with Crippen molar-refractivity contribution in [1.82, 2.24) is 0 Å². The molecule has 0 aliphatic heterocycles. The van der Waals surface area contributed by atoms with Gasteiger partial charge in [0, 0.05) is 7.11 Å². The molecule has 0 aromatic heterocycles. The topological polar surface area (TPSA) is 9.23 Å². The molecular formula is C16H28O. The first-order chi connectivity index (χ1) is 8.10. The van der Waals surface area contributed by atoms with Crippen LogP contribution in [0.25, 0.3) is 0 Å². The summed E-state index contributed by atoms with van der Waals surface area (Å²) in [7, 11) is 1.76. The van der Waals surface area contributed by atoms with Crippen LogP contribution in [-0.2, 0) is 4.74 Å². The lowest BCUT2D eigenvalue weighted by Gasteiger charge is -2.08. The Bertz CT molecular complexity index is 250. The Hall–Kier alpha value is -0.820. The molecule has 0 aliphatic rings. The molecule has 0 saturated carbocycles. The summed E-state index contributed by atoms with van der Waals surface area (Å²) in [5, 5.41) is 0. The summed E-state index contributed by atoms with van der Waals surface area (Å²) in [5.41, 5.74) is 2.69. The Balaban J connectivity index is 3.97. The fourth-order valence-electron chi connectivity index (χ4n) is 1.70. The Morgan fingerprint density at radius 1 is 1.35 bits per heavy atom. The van der Waals surface area contributed by atoms with Crippen LogP contribution in [0.15, 0.2) is 36.5 Å². The first-order valence-electron chi connectivity index (χ1n) is 6.54. The lowest BCUT2D eigenvalue weighted by atomic mass is 10.0. The van der Waals surface area contributed by atoms with Gasteiger partial charge in [-0.15, -0.1) is 13.2 Å². The van der Waals surface area contributed by atoms with Crippen LogP contribution in [0.3, 0.4) is 0 Å². The van der Waals surface area contributed by atoms with Gasteiger partial charge in [-0.3, -0.25) is 0 Å². The normalized spacial score (nSPS) is 13.5. The van der Waals surface area contributed by atoms with Gasteiger partial charge in [0.05, 0.1) is 6.61 Å². The van der Waals surface area contributed by atoms with Crippen LogP contribution < -0.4 is 0 Å². The highest BCUT2D eigenvalue weighted by molar-refractivity contribution is 5.03. The lowest BCUT2D eigenvalue weighted by molar-refractivity contribution is 0.222. The number of ether oxygens (including phenoxy) is 1. The third-order valence-electron chi connectivity index (χ3n) is 2.89. The second kappa shape index (κ2) is 10.3. The van der Waals surface area contributed by atoms with Gasteiger partial charge in [-0.1, -0.05) is 24.6 Å². The molecule has 0 aliphatic carbocycles. The maximum Gasteiger partial charge on any atom is 0.0672 e. The van der Waals surface area contributed by atoms with Crippen molar-refractivity contribution in [3.05, 3.63) is 36.5 Å². The Kier molecular flexibility index (Phi) is 9.84. The van der Waals surface area contributed by atoms with E-state index in [2.05, 4.69) is 33.1 Å². The Morgan fingerprint density at radius 2 is 2.06 bits per heavy atom. The number of methoxy groups -OCH3 is 1. The van der Waals surface area contributed by atoms with E-state index < -0.39 is 0 Å². The van der Waals surface area contributed by atoms with Crippen LogP contribution in [-0.4, -0.2) is 13.7 Å². The summed E-state index contributed by atoms with van der Waals surface area (Å²) >= 11 is 0. The van der Waals surface area contributed by atoms with Crippen molar-refractivity contribution in [2.45, 2.75) is 46.0 Å². The molecule has 0 saturated heterocycles. The minimum atomic E-state index is 0.602. The fourth-order valence-corrected chi connectivity index (χ4v) is 1.70. The minimum absolute atomic E-state index is 0.602. The van der Waals surface area contributed by atoms with Crippen LogP contribution in [0.5, 0.6) is 0 Å². The molecule has 0 amide bonds. The standard InChI is InChI=1S/C16H28O/c1-6-15(4)10-8-12-16(13-17-5)11-7-9-14(2)3/h6,12,15H,1-2,7-11,13H2,3-5H3. The summed E-state index contributed by atoms with van der Waals surface area (Å²) < 4.78 is 5.23. The van der Waals surface area contributed by atoms with Gasteiger partial charge in [-0.05, 0) is 50.5 Å². The predicted octanol–water partition coefficient (Wildman–Crippen LogP) is 4.91. The molecule has 17 heavy (non-hydrogen) atoms. The molecule has 1 unspecified atom stereocenters. The van der Waals surface area contributed by atoms with Crippen molar-refractivity contribution in [1.29, 1.82) is 0 Å². The van der Waals surface area contributed by atoms with E-state index in [0.29, 0.717) is 5.92 Å². The maximum absolute atomic E-state index is 5.23. The molecule has 0 heterocycles. The molecule has 98 valence electrons. The van der Waals surface area contributed by atoms with E-state index in [-0.39, 0.29) is 0 Å². The smallest absolute Gasteiger partial charge is 0.0672 e. The van der Waals surface area contributed by atoms with E-state index in [1.54, 1.807) is 7.11 Å². The van der Waals surface area contributed by atoms with Gasteiger partial charge in [-0.2, -0.15) is 0 Å². The molecule has 0 N–H and O–H groups in total. The highest BCUT2D eigenvalue weighted by atomic mass is 16.5. The van der Waals surface area contributed by atoms with E-state index in [9.17, 15) is 0 Å². The molecule has 0 aromatic carbocycles. The first-order valence-corrected chi connectivity index (χ1v) is 6.54. The van der Waals surface area contributed by atoms with Crippen molar-refractivity contribution < 1.29 is 4.74 Å². The van der Waals surface area contributed by atoms with Crippen LogP contribution in [0.4, 0.5) is 0 Å². The zero-order valence-corrected chi connectivity index (χ0v) is 11.8. The van der Waals surface area contributed by atoms with E-state index in [0.717, 1.165) is 25.9 Å².